The van der Waals surface area contributed by atoms with Crippen molar-refractivity contribution in [3.63, 3.8) is 0 Å². The highest BCUT2D eigenvalue weighted by atomic mass is 35.5. The Balaban J connectivity index is 1.70. The molecule has 1 heterocycles. The molecular weight excluding hydrogens is 276 g/mol. The van der Waals surface area contributed by atoms with Gasteiger partial charge in [0.2, 0.25) is 0 Å². The molecular formula is C15H13ClN2S. The standard InChI is InChI=1S/C15H13ClN2S/c16-9-11-5-7-12(8-6-11)10-19-15-17-13-3-1-2-4-14(13)18-15/h1-8H,9-10H2,(H,17,18). The lowest BCUT2D eigenvalue weighted by molar-refractivity contribution is 1.08. The molecule has 2 nitrogen and oxygen atoms in total. The molecule has 0 bridgehead atoms. The second kappa shape index (κ2) is 5.68. The van der Waals surface area contributed by atoms with Crippen LogP contribution in [0.5, 0.6) is 0 Å². The summed E-state index contributed by atoms with van der Waals surface area (Å²) in [5, 5.41) is 0.961. The number of benzene rings is 2. The molecule has 3 aromatic rings. The highest BCUT2D eigenvalue weighted by Gasteiger charge is 2.03. The minimum atomic E-state index is 0.566. The maximum absolute atomic E-state index is 5.78. The van der Waals surface area contributed by atoms with Gasteiger partial charge in [0.15, 0.2) is 5.16 Å². The normalized spacial score (nSPS) is 11.0. The fraction of sp³-hybridized carbons (Fsp3) is 0.133. The number of aromatic nitrogens is 2. The third-order valence-corrected chi connectivity index (χ3v) is 4.17. The number of nitrogens with one attached hydrogen (secondary N) is 1. The first-order valence-corrected chi connectivity index (χ1v) is 7.58. The molecule has 0 radical (unpaired) electrons. The van der Waals surface area contributed by atoms with E-state index in [0.29, 0.717) is 5.88 Å². The maximum Gasteiger partial charge on any atom is 0.166 e. The van der Waals surface area contributed by atoms with Gasteiger partial charge in [0, 0.05) is 11.6 Å². The monoisotopic (exact) mass is 288 g/mol. The van der Waals surface area contributed by atoms with Gasteiger partial charge in [-0.3, -0.25) is 0 Å². The Kier molecular flexibility index (Phi) is 3.76. The smallest absolute Gasteiger partial charge is 0.166 e. The number of halogens is 1. The van der Waals surface area contributed by atoms with E-state index >= 15 is 0 Å². The maximum atomic E-state index is 5.78. The second-order valence-electron chi connectivity index (χ2n) is 4.30. The molecule has 0 amide bonds. The molecule has 0 aliphatic carbocycles. The minimum Gasteiger partial charge on any atom is -0.333 e. The van der Waals surface area contributed by atoms with Gasteiger partial charge in [-0.25, -0.2) is 4.98 Å². The van der Waals surface area contributed by atoms with Crippen LogP contribution in [0.1, 0.15) is 11.1 Å². The molecule has 1 aromatic heterocycles. The van der Waals surface area contributed by atoms with Crippen molar-refractivity contribution in [2.45, 2.75) is 16.8 Å². The molecule has 0 saturated heterocycles. The molecule has 4 heteroatoms. The van der Waals surface area contributed by atoms with Crippen molar-refractivity contribution >= 4 is 34.4 Å². The molecule has 0 fully saturated rings. The second-order valence-corrected chi connectivity index (χ2v) is 5.53. The van der Waals surface area contributed by atoms with Crippen LogP contribution in [0.15, 0.2) is 53.7 Å². The predicted octanol–water partition coefficient (Wildman–Crippen LogP) is 4.59. The van der Waals surface area contributed by atoms with Gasteiger partial charge in [-0.05, 0) is 23.3 Å². The molecule has 3 rings (SSSR count). The molecule has 1 N–H and O–H groups in total. The van der Waals surface area contributed by atoms with E-state index in [-0.39, 0.29) is 0 Å². The van der Waals surface area contributed by atoms with Gasteiger partial charge in [0.1, 0.15) is 0 Å². The third kappa shape index (κ3) is 2.94. The average Bonchev–Trinajstić information content (AvgIpc) is 2.88. The molecule has 2 aromatic carbocycles. The van der Waals surface area contributed by atoms with Crippen LogP contribution >= 0.6 is 23.4 Å². The van der Waals surface area contributed by atoms with E-state index in [2.05, 4.69) is 34.2 Å². The summed E-state index contributed by atoms with van der Waals surface area (Å²) in [6, 6.07) is 16.5. The van der Waals surface area contributed by atoms with Crippen molar-refractivity contribution in [2.75, 3.05) is 0 Å². The summed E-state index contributed by atoms with van der Waals surface area (Å²) >= 11 is 7.49. The van der Waals surface area contributed by atoms with E-state index in [1.165, 1.54) is 5.56 Å². The van der Waals surface area contributed by atoms with Gasteiger partial charge in [-0.1, -0.05) is 48.2 Å². The summed E-state index contributed by atoms with van der Waals surface area (Å²) < 4.78 is 0. The van der Waals surface area contributed by atoms with Gasteiger partial charge in [-0.15, -0.1) is 11.6 Å². The van der Waals surface area contributed by atoms with Crippen molar-refractivity contribution in [1.29, 1.82) is 0 Å². The van der Waals surface area contributed by atoms with E-state index in [1.807, 2.05) is 24.3 Å². The van der Waals surface area contributed by atoms with Crippen molar-refractivity contribution in [3.05, 3.63) is 59.7 Å². The zero-order chi connectivity index (χ0) is 13.1. The molecule has 0 spiro atoms. The van der Waals surface area contributed by atoms with E-state index in [0.717, 1.165) is 27.5 Å². The fourth-order valence-electron chi connectivity index (χ4n) is 1.87. The van der Waals surface area contributed by atoms with E-state index in [1.54, 1.807) is 11.8 Å². The van der Waals surface area contributed by atoms with Crippen LogP contribution in [0, 0.1) is 0 Å². The molecule has 0 aliphatic heterocycles. The van der Waals surface area contributed by atoms with Crippen LogP contribution in [0.25, 0.3) is 11.0 Å². The van der Waals surface area contributed by atoms with Crippen molar-refractivity contribution in [3.8, 4) is 0 Å². The summed E-state index contributed by atoms with van der Waals surface area (Å²) in [6.45, 7) is 0. The predicted molar refractivity (Wildman–Crippen MR) is 81.7 cm³/mol. The summed E-state index contributed by atoms with van der Waals surface area (Å²) in [7, 11) is 0. The summed E-state index contributed by atoms with van der Waals surface area (Å²) in [5.41, 5.74) is 4.53. The van der Waals surface area contributed by atoms with Crippen LogP contribution < -0.4 is 0 Å². The van der Waals surface area contributed by atoms with Crippen molar-refractivity contribution < 1.29 is 0 Å². The highest BCUT2D eigenvalue weighted by molar-refractivity contribution is 7.98. The summed E-state index contributed by atoms with van der Waals surface area (Å²) in [5.74, 6) is 1.47. The average molecular weight is 289 g/mol. The van der Waals surface area contributed by atoms with Gasteiger partial charge < -0.3 is 4.98 Å². The van der Waals surface area contributed by atoms with E-state index in [4.69, 9.17) is 11.6 Å². The molecule has 19 heavy (non-hydrogen) atoms. The molecule has 0 atom stereocenters. The third-order valence-electron chi connectivity index (χ3n) is 2.92. The minimum absolute atomic E-state index is 0.566. The molecule has 0 saturated carbocycles. The van der Waals surface area contributed by atoms with Gasteiger partial charge in [0.05, 0.1) is 11.0 Å². The van der Waals surface area contributed by atoms with Crippen LogP contribution in [0.4, 0.5) is 0 Å². The highest BCUT2D eigenvalue weighted by Crippen LogP contribution is 2.23. The number of para-hydroxylation sites is 2. The van der Waals surface area contributed by atoms with Gasteiger partial charge >= 0.3 is 0 Å². The Morgan fingerprint density at radius 3 is 2.47 bits per heavy atom. The summed E-state index contributed by atoms with van der Waals surface area (Å²) in [6.07, 6.45) is 0. The Morgan fingerprint density at radius 1 is 1.00 bits per heavy atom. The topological polar surface area (TPSA) is 28.7 Å². The zero-order valence-corrected chi connectivity index (χ0v) is 11.8. The number of hydrogen-bond acceptors (Lipinski definition) is 2. The fourth-order valence-corrected chi connectivity index (χ4v) is 2.89. The number of alkyl halides is 1. The number of rotatable bonds is 4. The van der Waals surface area contributed by atoms with E-state index in [9.17, 15) is 0 Å². The van der Waals surface area contributed by atoms with Gasteiger partial charge in [0.25, 0.3) is 0 Å². The van der Waals surface area contributed by atoms with E-state index < -0.39 is 0 Å². The van der Waals surface area contributed by atoms with Crippen molar-refractivity contribution in [1.82, 2.24) is 9.97 Å². The first-order valence-electron chi connectivity index (χ1n) is 6.06. The number of imidazole rings is 1. The van der Waals surface area contributed by atoms with Gasteiger partial charge in [-0.2, -0.15) is 0 Å². The van der Waals surface area contributed by atoms with Crippen LogP contribution in [-0.4, -0.2) is 9.97 Å². The number of aromatic amines is 1. The first kappa shape index (κ1) is 12.6. The van der Waals surface area contributed by atoms with Crippen LogP contribution in [0.2, 0.25) is 0 Å². The lowest BCUT2D eigenvalue weighted by atomic mass is 10.2. The molecule has 0 unspecified atom stereocenters. The molecule has 96 valence electrons. The van der Waals surface area contributed by atoms with Crippen molar-refractivity contribution in [2.24, 2.45) is 0 Å². The Morgan fingerprint density at radius 2 is 1.74 bits per heavy atom. The zero-order valence-electron chi connectivity index (χ0n) is 10.3. The Hall–Kier alpha value is -1.45. The molecule has 0 aliphatic rings. The van der Waals surface area contributed by atoms with Crippen LogP contribution in [0.3, 0.4) is 0 Å². The van der Waals surface area contributed by atoms with Crippen LogP contribution in [-0.2, 0) is 11.6 Å². The number of fused-ring (bicyclic) bond motifs is 1. The number of H-pyrrole nitrogens is 1. The number of hydrogen-bond donors (Lipinski definition) is 1. The quantitative estimate of drug-likeness (QED) is 0.562. The SMILES string of the molecule is ClCc1ccc(CSc2nc3ccccc3[nH]2)cc1. The number of nitrogens with zero attached hydrogens (tertiary/aromatic N) is 1. The largest absolute Gasteiger partial charge is 0.333 e. The lowest BCUT2D eigenvalue weighted by Crippen LogP contribution is -1.83. The summed E-state index contributed by atoms with van der Waals surface area (Å²) in [4.78, 5) is 7.87. The lowest BCUT2D eigenvalue weighted by Gasteiger charge is -2.00. The number of thioether (sulfide) groups is 1. The first-order chi connectivity index (χ1) is 9.35. The Labute approximate surface area is 121 Å². The Bertz CT molecular complexity index is 643.